The Morgan fingerprint density at radius 1 is 0.938 bits per heavy atom. The maximum absolute atomic E-state index is 5.58. The Hall–Kier alpha value is -1.01. The first kappa shape index (κ1) is 13.1. The molecule has 1 aromatic carbocycles. The van der Waals surface area contributed by atoms with Crippen LogP contribution in [0.5, 0.6) is 0 Å². The molecule has 0 saturated carbocycles. The average Bonchev–Trinajstić information content (AvgIpc) is 2.34. The summed E-state index contributed by atoms with van der Waals surface area (Å²) in [6.07, 6.45) is 13.0. The predicted octanol–water partition coefficient (Wildman–Crippen LogP) is 4.75. The van der Waals surface area contributed by atoms with Crippen LogP contribution in [0.2, 0.25) is 0 Å². The summed E-state index contributed by atoms with van der Waals surface area (Å²) in [4.78, 5) is 0. The molecule has 0 aliphatic rings. The molecule has 0 saturated heterocycles. The lowest BCUT2D eigenvalue weighted by Crippen LogP contribution is -1.80. The quantitative estimate of drug-likeness (QED) is 0.363. The van der Waals surface area contributed by atoms with Gasteiger partial charge in [0.1, 0.15) is 0 Å². The molecule has 0 heterocycles. The first-order valence-corrected chi connectivity index (χ1v) is 6.38. The first-order valence-electron chi connectivity index (χ1n) is 5.85. The van der Waals surface area contributed by atoms with Gasteiger partial charge >= 0.3 is 0 Å². The smallest absolute Gasteiger partial charge is 0.0226 e. The number of hydrogen-bond donors (Lipinski definition) is 0. The lowest BCUT2D eigenvalue weighted by atomic mass is 10.1. The molecule has 0 aliphatic carbocycles. The van der Waals surface area contributed by atoms with Gasteiger partial charge in [-0.2, -0.15) is 0 Å². The number of hydrogen-bond acceptors (Lipinski definition) is 0. The van der Waals surface area contributed by atoms with E-state index in [4.69, 9.17) is 11.6 Å². The molecule has 0 spiro atoms. The van der Waals surface area contributed by atoms with E-state index in [0.717, 1.165) is 31.6 Å². The zero-order valence-electron chi connectivity index (χ0n) is 9.61. The van der Waals surface area contributed by atoms with Crippen molar-refractivity contribution >= 4 is 11.6 Å². The van der Waals surface area contributed by atoms with Crippen molar-refractivity contribution in [2.45, 2.75) is 25.7 Å². The normalized spacial score (nSPS) is 11.6. The van der Waals surface area contributed by atoms with Crippen molar-refractivity contribution < 1.29 is 0 Å². The Labute approximate surface area is 104 Å². The van der Waals surface area contributed by atoms with Crippen LogP contribution in [0.1, 0.15) is 24.8 Å². The minimum absolute atomic E-state index is 0.752. The fraction of sp³-hybridized carbons (Fsp3) is 0.333. The fourth-order valence-corrected chi connectivity index (χ4v) is 1.59. The molecule has 0 N–H and O–H groups in total. The van der Waals surface area contributed by atoms with Gasteiger partial charge in [-0.05, 0) is 31.2 Å². The van der Waals surface area contributed by atoms with E-state index < -0.39 is 0 Å². The van der Waals surface area contributed by atoms with Gasteiger partial charge in [-0.3, -0.25) is 0 Å². The van der Waals surface area contributed by atoms with Crippen LogP contribution in [0, 0.1) is 0 Å². The standard InChI is InChI=1S/C15H19Cl/c16-14-10-5-3-1-2-4-7-11-15-12-8-6-9-13-15/h1-4,6,8-9,12-13H,5,7,10-11,14H2/b3-1-,4-2-. The van der Waals surface area contributed by atoms with Crippen molar-refractivity contribution in [3.63, 3.8) is 0 Å². The zero-order valence-corrected chi connectivity index (χ0v) is 10.4. The Bertz CT molecular complexity index is 311. The second-order valence-electron chi connectivity index (χ2n) is 3.71. The van der Waals surface area contributed by atoms with E-state index in [9.17, 15) is 0 Å². The minimum Gasteiger partial charge on any atom is -0.127 e. The first-order chi connectivity index (χ1) is 7.93. The van der Waals surface area contributed by atoms with Gasteiger partial charge in [-0.15, -0.1) is 11.6 Å². The summed E-state index contributed by atoms with van der Waals surface area (Å²) in [6.45, 7) is 0. The molecule has 0 bridgehead atoms. The lowest BCUT2D eigenvalue weighted by Gasteiger charge is -1.95. The summed E-state index contributed by atoms with van der Waals surface area (Å²) in [7, 11) is 0. The molecule has 0 fully saturated rings. The second kappa shape index (κ2) is 9.23. The molecular formula is C15H19Cl. The highest BCUT2D eigenvalue weighted by Gasteiger charge is 1.87. The minimum atomic E-state index is 0.752. The van der Waals surface area contributed by atoms with Crippen LogP contribution in [-0.4, -0.2) is 5.88 Å². The van der Waals surface area contributed by atoms with Crippen LogP contribution in [-0.2, 0) is 6.42 Å². The summed E-state index contributed by atoms with van der Waals surface area (Å²) >= 11 is 5.58. The molecule has 1 rings (SSSR count). The Morgan fingerprint density at radius 2 is 1.62 bits per heavy atom. The topological polar surface area (TPSA) is 0 Å². The van der Waals surface area contributed by atoms with Crippen molar-refractivity contribution in [1.29, 1.82) is 0 Å². The van der Waals surface area contributed by atoms with Gasteiger partial charge in [0.25, 0.3) is 0 Å². The molecule has 0 nitrogen and oxygen atoms in total. The maximum atomic E-state index is 5.58. The highest BCUT2D eigenvalue weighted by molar-refractivity contribution is 6.17. The second-order valence-corrected chi connectivity index (χ2v) is 4.09. The van der Waals surface area contributed by atoms with Crippen molar-refractivity contribution in [1.82, 2.24) is 0 Å². The molecular weight excluding hydrogens is 216 g/mol. The molecule has 16 heavy (non-hydrogen) atoms. The van der Waals surface area contributed by atoms with Crippen molar-refractivity contribution in [3.8, 4) is 0 Å². The summed E-state index contributed by atoms with van der Waals surface area (Å²) in [6, 6.07) is 10.6. The van der Waals surface area contributed by atoms with Gasteiger partial charge in [-0.1, -0.05) is 54.6 Å². The summed E-state index contributed by atoms with van der Waals surface area (Å²) in [5.41, 5.74) is 1.40. The van der Waals surface area contributed by atoms with Gasteiger partial charge in [0, 0.05) is 5.88 Å². The number of halogens is 1. The molecule has 0 unspecified atom stereocenters. The summed E-state index contributed by atoms with van der Waals surface area (Å²) < 4.78 is 0. The van der Waals surface area contributed by atoms with Gasteiger partial charge in [0.15, 0.2) is 0 Å². The molecule has 1 heteroatoms. The van der Waals surface area contributed by atoms with Crippen molar-refractivity contribution in [2.75, 3.05) is 5.88 Å². The van der Waals surface area contributed by atoms with Crippen LogP contribution in [0.25, 0.3) is 0 Å². The number of allylic oxidation sites excluding steroid dienone is 4. The molecule has 0 radical (unpaired) electrons. The van der Waals surface area contributed by atoms with E-state index in [1.165, 1.54) is 5.56 Å². The van der Waals surface area contributed by atoms with Gasteiger partial charge in [-0.25, -0.2) is 0 Å². The molecule has 0 atom stereocenters. The monoisotopic (exact) mass is 234 g/mol. The fourth-order valence-electron chi connectivity index (χ4n) is 1.44. The number of rotatable bonds is 7. The predicted molar refractivity (Wildman–Crippen MR) is 73.0 cm³/mol. The molecule has 0 amide bonds. The summed E-state index contributed by atoms with van der Waals surface area (Å²) in [5, 5.41) is 0. The Morgan fingerprint density at radius 3 is 2.31 bits per heavy atom. The molecule has 0 aliphatic heterocycles. The maximum Gasteiger partial charge on any atom is 0.0226 e. The zero-order chi connectivity index (χ0) is 11.5. The number of aryl methyl sites for hydroxylation is 1. The highest BCUT2D eigenvalue weighted by Crippen LogP contribution is 2.02. The highest BCUT2D eigenvalue weighted by atomic mass is 35.5. The molecule has 1 aromatic rings. The van der Waals surface area contributed by atoms with Crippen LogP contribution in [0.15, 0.2) is 54.6 Å². The third kappa shape index (κ3) is 6.47. The lowest BCUT2D eigenvalue weighted by molar-refractivity contribution is 0.966. The van der Waals surface area contributed by atoms with Crippen molar-refractivity contribution in [2.24, 2.45) is 0 Å². The van der Waals surface area contributed by atoms with Gasteiger partial charge in [0.05, 0.1) is 0 Å². The van der Waals surface area contributed by atoms with Crippen LogP contribution < -0.4 is 0 Å². The van der Waals surface area contributed by atoms with Crippen LogP contribution in [0.3, 0.4) is 0 Å². The Kier molecular flexibility index (Phi) is 7.53. The number of benzene rings is 1. The van der Waals surface area contributed by atoms with Crippen LogP contribution in [0.4, 0.5) is 0 Å². The third-order valence-corrected chi connectivity index (χ3v) is 2.60. The van der Waals surface area contributed by atoms with E-state index in [0.29, 0.717) is 0 Å². The van der Waals surface area contributed by atoms with E-state index >= 15 is 0 Å². The van der Waals surface area contributed by atoms with E-state index in [1.807, 2.05) is 0 Å². The largest absolute Gasteiger partial charge is 0.127 e. The Balaban J connectivity index is 2.11. The number of alkyl halides is 1. The SMILES string of the molecule is ClCCC/C=C\C=C/CCc1ccccc1. The van der Waals surface area contributed by atoms with Crippen molar-refractivity contribution in [3.05, 3.63) is 60.2 Å². The molecule has 0 aromatic heterocycles. The van der Waals surface area contributed by atoms with E-state index in [2.05, 4.69) is 54.6 Å². The van der Waals surface area contributed by atoms with E-state index in [1.54, 1.807) is 0 Å². The number of unbranched alkanes of at least 4 members (excludes halogenated alkanes) is 1. The summed E-state index contributed by atoms with van der Waals surface area (Å²) in [5.74, 6) is 0.752. The van der Waals surface area contributed by atoms with Gasteiger partial charge < -0.3 is 0 Å². The van der Waals surface area contributed by atoms with E-state index in [-0.39, 0.29) is 0 Å². The average molecular weight is 235 g/mol. The van der Waals surface area contributed by atoms with Crippen LogP contribution >= 0.6 is 11.6 Å². The third-order valence-electron chi connectivity index (χ3n) is 2.33. The van der Waals surface area contributed by atoms with Gasteiger partial charge in [0.2, 0.25) is 0 Å². The molecule has 86 valence electrons.